The van der Waals surface area contributed by atoms with Crippen molar-refractivity contribution in [2.45, 2.75) is 22.9 Å². The first kappa shape index (κ1) is 25.7. The highest BCUT2D eigenvalue weighted by Crippen LogP contribution is 2.45. The van der Waals surface area contributed by atoms with Crippen LogP contribution in [0, 0.1) is 10.3 Å². The molecule has 1 fully saturated rings. The summed E-state index contributed by atoms with van der Waals surface area (Å²) in [5.74, 6) is 0.0332. The molecule has 0 bridgehead atoms. The number of fused-ring (bicyclic) bond motifs is 4. The van der Waals surface area contributed by atoms with Gasteiger partial charge < -0.3 is 23.8 Å². The van der Waals surface area contributed by atoms with Crippen LogP contribution in [0.3, 0.4) is 0 Å². The Labute approximate surface area is 233 Å². The van der Waals surface area contributed by atoms with Crippen molar-refractivity contribution >= 4 is 36.0 Å². The van der Waals surface area contributed by atoms with Crippen LogP contribution in [0.5, 0.6) is 5.75 Å². The second-order valence-electron chi connectivity index (χ2n) is 9.04. The Morgan fingerprint density at radius 2 is 2.05 bits per heavy atom. The molecule has 39 heavy (non-hydrogen) atoms. The van der Waals surface area contributed by atoms with E-state index >= 15 is 4.39 Å². The van der Waals surface area contributed by atoms with Crippen molar-refractivity contribution in [2.24, 2.45) is 0 Å². The maximum atomic E-state index is 15.8. The molecule has 0 spiro atoms. The van der Waals surface area contributed by atoms with Gasteiger partial charge in [-0.15, -0.1) is 11.8 Å². The lowest BCUT2D eigenvalue weighted by Gasteiger charge is -2.51. The molecule has 202 valence electrons. The van der Waals surface area contributed by atoms with Crippen molar-refractivity contribution in [1.82, 2.24) is 9.58 Å². The first-order valence-corrected chi connectivity index (χ1v) is 13.6. The first-order chi connectivity index (χ1) is 19.0. The van der Waals surface area contributed by atoms with Crippen LogP contribution in [0.15, 0.2) is 59.6 Å². The van der Waals surface area contributed by atoms with E-state index in [0.717, 1.165) is 16.0 Å². The van der Waals surface area contributed by atoms with Gasteiger partial charge in [0.1, 0.15) is 18.0 Å². The van der Waals surface area contributed by atoms with Gasteiger partial charge in [0.25, 0.3) is 5.91 Å². The summed E-state index contributed by atoms with van der Waals surface area (Å²) in [5, 5.41) is 1.96. The van der Waals surface area contributed by atoms with Crippen LogP contribution in [0.1, 0.15) is 33.2 Å². The van der Waals surface area contributed by atoms with Crippen LogP contribution < -0.4 is 9.75 Å². The summed E-state index contributed by atoms with van der Waals surface area (Å²) in [6, 6.07) is 14.0. The third-order valence-electron chi connectivity index (χ3n) is 6.98. The molecular weight excluding hydrogens is 545 g/mol. The van der Waals surface area contributed by atoms with Gasteiger partial charge in [-0.3, -0.25) is 14.5 Å². The number of thioether (sulfide) groups is 1. The second kappa shape index (κ2) is 10.5. The van der Waals surface area contributed by atoms with Gasteiger partial charge in [-0.05, 0) is 29.3 Å². The summed E-state index contributed by atoms with van der Waals surface area (Å²) >= 11 is 7.17. The molecule has 2 atom stereocenters. The largest absolute Gasteiger partial charge is 0.510 e. The summed E-state index contributed by atoms with van der Waals surface area (Å²) in [5.41, 5.74) is 2.46. The Hall–Kier alpha value is -3.61. The van der Waals surface area contributed by atoms with E-state index in [1.165, 1.54) is 13.2 Å². The highest BCUT2D eigenvalue weighted by molar-refractivity contribution is 7.98. The fourth-order valence-electron chi connectivity index (χ4n) is 5.29. The number of hydrogen-bond acceptors (Lipinski definition) is 9. The first-order valence-electron chi connectivity index (χ1n) is 12.2. The van der Waals surface area contributed by atoms with Gasteiger partial charge in [0.05, 0.1) is 24.8 Å². The molecule has 3 aromatic rings. The number of rotatable bonds is 4. The molecule has 3 aliphatic rings. The zero-order valence-corrected chi connectivity index (χ0v) is 22.5. The standard InChI is InChI=1S/C27H24FN3O6S2/c1-34-27(33)37-15-36-25-19(38)9-10-30-24(25)26(32)29-11-12-35-13-21(29)31(30)23-17-6-2-3-8-20(17)39-14-16-5-4-7-18(28)22(16)23/h2-10,21,23H,11-15H2,1H3/t21-,23-/m1/s1. The molecular formula is C27H24FN3O6S2. The smallest absolute Gasteiger partial charge is 0.453 e. The Bertz CT molecular complexity index is 1520. The summed E-state index contributed by atoms with van der Waals surface area (Å²) in [4.78, 5) is 28.1. The molecule has 9 nitrogen and oxygen atoms in total. The number of methoxy groups -OCH3 is 1. The van der Waals surface area contributed by atoms with Crippen LogP contribution in [-0.2, 0) is 20.0 Å². The number of hydrogen-bond donors (Lipinski definition) is 0. The molecule has 1 saturated heterocycles. The van der Waals surface area contributed by atoms with Crippen molar-refractivity contribution in [1.29, 1.82) is 0 Å². The average molecular weight is 570 g/mol. The van der Waals surface area contributed by atoms with Crippen molar-refractivity contribution < 1.29 is 32.9 Å². The maximum absolute atomic E-state index is 15.8. The molecule has 1 amide bonds. The molecule has 2 aromatic carbocycles. The van der Waals surface area contributed by atoms with Gasteiger partial charge in [0, 0.05) is 29.0 Å². The van der Waals surface area contributed by atoms with E-state index < -0.39 is 25.2 Å². The lowest BCUT2D eigenvalue weighted by Crippen LogP contribution is -2.66. The van der Waals surface area contributed by atoms with E-state index in [0.29, 0.717) is 24.5 Å². The summed E-state index contributed by atoms with van der Waals surface area (Å²) in [7, 11) is 1.18. The number of aromatic nitrogens is 1. The highest BCUT2D eigenvalue weighted by atomic mass is 32.2. The summed E-state index contributed by atoms with van der Waals surface area (Å²) in [6.45, 7) is 0.402. The fourth-order valence-corrected chi connectivity index (χ4v) is 6.59. The summed E-state index contributed by atoms with van der Waals surface area (Å²) < 4.78 is 38.7. The molecule has 1 aromatic heterocycles. The Kier molecular flexibility index (Phi) is 6.92. The minimum absolute atomic E-state index is 0.0846. The number of morpholine rings is 1. The lowest BCUT2D eigenvalue weighted by atomic mass is 9.93. The van der Waals surface area contributed by atoms with Crippen molar-refractivity contribution in [3.05, 3.63) is 87.4 Å². The van der Waals surface area contributed by atoms with Gasteiger partial charge in [-0.25, -0.2) is 9.18 Å². The van der Waals surface area contributed by atoms with E-state index in [-0.39, 0.29) is 34.3 Å². The van der Waals surface area contributed by atoms with Crippen LogP contribution in [-0.4, -0.2) is 61.5 Å². The van der Waals surface area contributed by atoms with Gasteiger partial charge in [0.15, 0.2) is 11.4 Å². The number of halogens is 1. The Balaban J connectivity index is 1.57. The van der Waals surface area contributed by atoms with Crippen LogP contribution in [0.2, 0.25) is 0 Å². The number of benzene rings is 2. The number of amides is 1. The molecule has 0 unspecified atom stereocenters. The van der Waals surface area contributed by atoms with Crippen LogP contribution in [0.4, 0.5) is 9.18 Å². The van der Waals surface area contributed by atoms with Gasteiger partial charge in [-0.1, -0.05) is 42.5 Å². The molecule has 4 heterocycles. The van der Waals surface area contributed by atoms with Crippen molar-refractivity contribution in [3.63, 3.8) is 0 Å². The number of carbonyl (C=O) groups is 2. The van der Waals surface area contributed by atoms with E-state index in [2.05, 4.69) is 4.74 Å². The number of carbonyl (C=O) groups excluding carboxylic acids is 2. The molecule has 3 aliphatic heterocycles. The third kappa shape index (κ3) is 4.42. The molecule has 0 N–H and O–H groups in total. The second-order valence-corrected chi connectivity index (χ2v) is 10.5. The normalized spacial score (nSPS) is 19.7. The van der Waals surface area contributed by atoms with E-state index in [1.807, 2.05) is 35.3 Å². The van der Waals surface area contributed by atoms with E-state index in [9.17, 15) is 9.59 Å². The van der Waals surface area contributed by atoms with Crippen LogP contribution >= 0.6 is 24.0 Å². The highest BCUT2D eigenvalue weighted by Gasteiger charge is 2.46. The van der Waals surface area contributed by atoms with Gasteiger partial charge >= 0.3 is 6.16 Å². The average Bonchev–Trinajstić information content (AvgIpc) is 3.12. The monoisotopic (exact) mass is 569 g/mol. The molecule has 0 aliphatic carbocycles. The van der Waals surface area contributed by atoms with E-state index in [4.69, 9.17) is 26.4 Å². The fraction of sp³-hybridized carbons (Fsp3) is 0.296. The van der Waals surface area contributed by atoms with Gasteiger partial charge in [-0.2, -0.15) is 0 Å². The zero-order valence-electron chi connectivity index (χ0n) is 20.9. The Morgan fingerprint density at radius 1 is 1.21 bits per heavy atom. The van der Waals surface area contributed by atoms with E-state index in [1.54, 1.807) is 39.7 Å². The molecule has 0 radical (unpaired) electrons. The maximum Gasteiger partial charge on any atom is 0.510 e. The third-order valence-corrected chi connectivity index (χ3v) is 8.44. The van der Waals surface area contributed by atoms with Gasteiger partial charge in [0.2, 0.25) is 6.79 Å². The quantitative estimate of drug-likeness (QED) is 0.254. The lowest BCUT2D eigenvalue weighted by molar-refractivity contribution is -0.0209. The topological polar surface area (TPSA) is 82.5 Å². The zero-order chi connectivity index (χ0) is 27.1. The van der Waals surface area contributed by atoms with Crippen LogP contribution in [0.25, 0.3) is 0 Å². The SMILES string of the molecule is COC(=O)OCOc1c2n(ccc1=S)N([C@@H]1c3ccccc3SCc3cccc(F)c31)[C@@H]1COCCN1C2=O. The van der Waals surface area contributed by atoms with Crippen molar-refractivity contribution in [3.8, 4) is 5.75 Å². The minimum Gasteiger partial charge on any atom is -0.453 e. The summed E-state index contributed by atoms with van der Waals surface area (Å²) in [6.07, 6.45) is 0.225. The number of ether oxygens (including phenoxy) is 4. The minimum atomic E-state index is -0.931. The molecule has 6 rings (SSSR count). The van der Waals surface area contributed by atoms with Crippen molar-refractivity contribution in [2.75, 3.05) is 38.7 Å². The predicted octanol–water partition coefficient (Wildman–Crippen LogP) is 4.62. The predicted molar refractivity (Wildman–Crippen MR) is 142 cm³/mol. The number of pyridine rings is 1. The Morgan fingerprint density at radius 3 is 2.90 bits per heavy atom. The molecule has 0 saturated carbocycles. The molecule has 12 heteroatoms. The number of nitrogens with zero attached hydrogens (tertiary/aromatic N) is 3.